The molecule has 6 heteroatoms. The zero-order valence-electron chi connectivity index (χ0n) is 9.88. The molecule has 0 aliphatic heterocycles. The van der Waals surface area contributed by atoms with E-state index in [-0.39, 0.29) is 10.6 Å². The van der Waals surface area contributed by atoms with Crippen LogP contribution in [-0.4, -0.2) is 16.8 Å². The second kappa shape index (κ2) is 5.20. The Kier molecular flexibility index (Phi) is 3.64. The van der Waals surface area contributed by atoms with Gasteiger partial charge in [-0.05, 0) is 5.56 Å². The summed E-state index contributed by atoms with van der Waals surface area (Å²) < 4.78 is 1.31. The third kappa shape index (κ3) is 2.52. The average Bonchev–Trinajstić information content (AvgIpc) is 2.36. The van der Waals surface area contributed by atoms with Crippen molar-refractivity contribution >= 4 is 17.3 Å². The Hall–Kier alpha value is -1.85. The van der Waals surface area contributed by atoms with E-state index in [9.17, 15) is 4.79 Å². The molecule has 0 radical (unpaired) electrons. The Morgan fingerprint density at radius 2 is 2.06 bits per heavy atom. The van der Waals surface area contributed by atoms with Crippen molar-refractivity contribution in [2.24, 2.45) is 5.84 Å². The molecule has 0 spiro atoms. The van der Waals surface area contributed by atoms with Gasteiger partial charge in [0.1, 0.15) is 5.02 Å². The van der Waals surface area contributed by atoms with Gasteiger partial charge in [-0.2, -0.15) is 5.10 Å². The minimum Gasteiger partial charge on any atom is -0.311 e. The van der Waals surface area contributed by atoms with Crippen molar-refractivity contribution in [3.8, 4) is 0 Å². The van der Waals surface area contributed by atoms with Crippen LogP contribution in [0.4, 0.5) is 5.69 Å². The molecule has 2 aromatic rings. The lowest BCUT2D eigenvalue weighted by Crippen LogP contribution is -2.31. The first kappa shape index (κ1) is 12.6. The van der Waals surface area contributed by atoms with Crippen LogP contribution in [0.3, 0.4) is 0 Å². The van der Waals surface area contributed by atoms with Crippen LogP contribution in [0.2, 0.25) is 5.02 Å². The molecule has 2 rings (SSSR count). The smallest absolute Gasteiger partial charge is 0.288 e. The largest absolute Gasteiger partial charge is 0.311 e. The van der Waals surface area contributed by atoms with Crippen molar-refractivity contribution < 1.29 is 0 Å². The first-order valence-corrected chi connectivity index (χ1v) is 5.75. The minimum atomic E-state index is -0.352. The van der Waals surface area contributed by atoms with Gasteiger partial charge in [0.2, 0.25) is 0 Å². The second-order valence-electron chi connectivity index (χ2n) is 3.90. The monoisotopic (exact) mass is 264 g/mol. The third-order valence-electron chi connectivity index (χ3n) is 2.52. The van der Waals surface area contributed by atoms with Gasteiger partial charge < -0.3 is 5.01 Å². The molecule has 0 saturated carbocycles. The summed E-state index contributed by atoms with van der Waals surface area (Å²) in [4.78, 5) is 12.0. The first-order valence-electron chi connectivity index (χ1n) is 5.37. The Morgan fingerprint density at radius 1 is 1.39 bits per heavy atom. The highest BCUT2D eigenvalue weighted by Gasteiger charge is 2.11. The topological polar surface area (TPSA) is 64.2 Å². The van der Waals surface area contributed by atoms with Gasteiger partial charge in [-0.3, -0.25) is 4.79 Å². The van der Waals surface area contributed by atoms with Crippen LogP contribution in [0.1, 0.15) is 5.56 Å². The highest BCUT2D eigenvalue weighted by molar-refractivity contribution is 6.32. The molecule has 2 N–H and O–H groups in total. The van der Waals surface area contributed by atoms with Crippen LogP contribution in [0.5, 0.6) is 0 Å². The highest BCUT2D eigenvalue weighted by Crippen LogP contribution is 2.16. The lowest BCUT2D eigenvalue weighted by molar-refractivity contribution is 0.638. The summed E-state index contributed by atoms with van der Waals surface area (Å²) in [5.74, 6) is 5.55. The van der Waals surface area contributed by atoms with E-state index in [0.717, 1.165) is 5.56 Å². The van der Waals surface area contributed by atoms with E-state index in [1.807, 2.05) is 30.3 Å². The predicted octanol–water partition coefficient (Wildman–Crippen LogP) is 1.25. The normalized spacial score (nSPS) is 10.4. The number of anilines is 1. The van der Waals surface area contributed by atoms with Crippen LogP contribution in [-0.2, 0) is 6.54 Å². The Balaban J connectivity index is 2.37. The molecule has 18 heavy (non-hydrogen) atoms. The maximum Gasteiger partial charge on any atom is 0.288 e. The first-order chi connectivity index (χ1) is 8.59. The van der Waals surface area contributed by atoms with Gasteiger partial charge >= 0.3 is 0 Å². The van der Waals surface area contributed by atoms with E-state index in [4.69, 9.17) is 17.4 Å². The second-order valence-corrected chi connectivity index (χ2v) is 4.28. The standard InChI is InChI=1S/C12H13ClN4O/c1-16(14)10-7-15-17(12(18)11(10)13)8-9-5-3-2-4-6-9/h2-7H,8,14H2,1H3. The molecule has 0 atom stereocenters. The molecular formula is C12H13ClN4O. The summed E-state index contributed by atoms with van der Waals surface area (Å²) in [6.07, 6.45) is 1.48. The van der Waals surface area contributed by atoms with Crippen molar-refractivity contribution in [1.29, 1.82) is 0 Å². The van der Waals surface area contributed by atoms with E-state index in [1.165, 1.54) is 15.9 Å². The lowest BCUT2D eigenvalue weighted by Gasteiger charge is -2.14. The number of nitrogens with two attached hydrogens (primary N) is 1. The summed E-state index contributed by atoms with van der Waals surface area (Å²) in [7, 11) is 1.60. The molecule has 0 aliphatic rings. The molecule has 5 nitrogen and oxygen atoms in total. The van der Waals surface area contributed by atoms with Gasteiger partial charge in [-0.25, -0.2) is 10.5 Å². The summed E-state index contributed by atoms with van der Waals surface area (Å²) in [6.45, 7) is 0.383. The van der Waals surface area contributed by atoms with E-state index in [0.29, 0.717) is 12.2 Å². The van der Waals surface area contributed by atoms with Gasteiger partial charge in [0, 0.05) is 7.05 Å². The molecule has 0 unspecified atom stereocenters. The minimum absolute atomic E-state index is 0.0749. The Morgan fingerprint density at radius 3 is 2.67 bits per heavy atom. The molecule has 1 aromatic heterocycles. The van der Waals surface area contributed by atoms with Crippen molar-refractivity contribution in [2.75, 3.05) is 12.1 Å². The molecule has 94 valence electrons. The SMILES string of the molecule is CN(N)c1cnn(Cc2ccccc2)c(=O)c1Cl. The van der Waals surface area contributed by atoms with Crippen LogP contribution in [0.25, 0.3) is 0 Å². The van der Waals surface area contributed by atoms with Gasteiger partial charge in [0.25, 0.3) is 5.56 Å². The van der Waals surface area contributed by atoms with E-state index >= 15 is 0 Å². The molecule has 1 heterocycles. The maximum absolute atomic E-state index is 12.0. The van der Waals surface area contributed by atoms with Gasteiger partial charge in [0.15, 0.2) is 0 Å². The fraction of sp³-hybridized carbons (Fsp3) is 0.167. The molecule has 0 bridgehead atoms. The van der Waals surface area contributed by atoms with Gasteiger partial charge in [-0.15, -0.1) is 0 Å². The lowest BCUT2D eigenvalue weighted by atomic mass is 10.2. The van der Waals surface area contributed by atoms with Crippen molar-refractivity contribution in [3.63, 3.8) is 0 Å². The fourth-order valence-corrected chi connectivity index (χ4v) is 1.85. The number of aromatic nitrogens is 2. The number of rotatable bonds is 3. The number of nitrogens with zero attached hydrogens (tertiary/aromatic N) is 3. The van der Waals surface area contributed by atoms with Crippen LogP contribution in [0.15, 0.2) is 41.3 Å². The third-order valence-corrected chi connectivity index (χ3v) is 2.88. The molecular weight excluding hydrogens is 252 g/mol. The van der Waals surface area contributed by atoms with Crippen molar-refractivity contribution in [2.45, 2.75) is 6.54 Å². The Labute approximate surface area is 109 Å². The van der Waals surface area contributed by atoms with Gasteiger partial charge in [-0.1, -0.05) is 41.9 Å². The molecule has 0 saturated heterocycles. The summed E-state index contributed by atoms with van der Waals surface area (Å²) in [5, 5.41) is 5.40. The molecule has 0 aliphatic carbocycles. The molecule has 1 aromatic carbocycles. The van der Waals surface area contributed by atoms with Crippen molar-refractivity contribution in [1.82, 2.24) is 9.78 Å². The summed E-state index contributed by atoms with van der Waals surface area (Å²) >= 11 is 5.96. The van der Waals surface area contributed by atoms with E-state index in [2.05, 4.69) is 5.10 Å². The number of hydrogen-bond acceptors (Lipinski definition) is 4. The zero-order valence-corrected chi connectivity index (χ0v) is 10.6. The summed E-state index contributed by atoms with van der Waals surface area (Å²) in [5.41, 5.74) is 1.04. The van der Waals surface area contributed by atoms with Gasteiger partial charge in [0.05, 0.1) is 18.4 Å². The highest BCUT2D eigenvalue weighted by atomic mass is 35.5. The van der Waals surface area contributed by atoms with E-state index < -0.39 is 0 Å². The van der Waals surface area contributed by atoms with E-state index in [1.54, 1.807) is 7.05 Å². The number of hydrazine groups is 1. The summed E-state index contributed by atoms with van der Waals surface area (Å²) in [6, 6.07) is 9.57. The van der Waals surface area contributed by atoms with Crippen LogP contribution in [0, 0.1) is 0 Å². The number of benzene rings is 1. The van der Waals surface area contributed by atoms with Crippen LogP contribution < -0.4 is 16.4 Å². The fourth-order valence-electron chi connectivity index (χ4n) is 1.57. The molecule has 0 amide bonds. The van der Waals surface area contributed by atoms with Crippen molar-refractivity contribution in [3.05, 3.63) is 57.5 Å². The number of halogens is 1. The average molecular weight is 265 g/mol. The number of hydrogen-bond donors (Lipinski definition) is 1. The van der Waals surface area contributed by atoms with Crippen LogP contribution >= 0.6 is 11.6 Å². The quantitative estimate of drug-likeness (QED) is 0.670. The maximum atomic E-state index is 12.0. The Bertz CT molecular complexity index is 595. The molecule has 0 fully saturated rings. The zero-order chi connectivity index (χ0) is 13.1. The predicted molar refractivity (Wildman–Crippen MR) is 71.6 cm³/mol.